The number of carbonyl (C=O) groups is 1. The zero-order valence-corrected chi connectivity index (χ0v) is 10.6. The van der Waals surface area contributed by atoms with Gasteiger partial charge in [0.15, 0.2) is 0 Å². The number of amides is 1. The van der Waals surface area contributed by atoms with E-state index in [1.54, 1.807) is 0 Å². The average molecular weight is 239 g/mol. The molecule has 2 aromatic rings. The van der Waals surface area contributed by atoms with Crippen LogP contribution in [0.4, 0.5) is 0 Å². The summed E-state index contributed by atoms with van der Waals surface area (Å²) in [5, 5.41) is 2.50. The predicted molar refractivity (Wildman–Crippen MR) is 73.3 cm³/mol. The van der Waals surface area contributed by atoms with Gasteiger partial charge in [-0.3, -0.25) is 4.79 Å². The van der Waals surface area contributed by atoms with Gasteiger partial charge in [-0.15, -0.1) is 0 Å². The molecular formula is C16H17NO. The summed E-state index contributed by atoms with van der Waals surface area (Å²) in [5.41, 5.74) is 1.25. The third kappa shape index (κ3) is 1.78. The minimum absolute atomic E-state index is 0.172. The molecule has 92 valence electrons. The van der Waals surface area contributed by atoms with Crippen LogP contribution in [0.25, 0.3) is 10.8 Å². The number of nitrogens with zero attached hydrogens (tertiary/aromatic N) is 1. The molecule has 2 heteroatoms. The molecule has 3 rings (SSSR count). The number of carbonyl (C=O) groups excluding carboxylic acids is 1. The van der Waals surface area contributed by atoms with Crippen LogP contribution in [0, 0.1) is 0 Å². The molecule has 0 radical (unpaired) electrons. The van der Waals surface area contributed by atoms with E-state index in [1.807, 2.05) is 4.90 Å². The molecule has 0 N–H and O–H groups in total. The lowest BCUT2D eigenvalue weighted by molar-refractivity contribution is -0.129. The maximum atomic E-state index is 11.9. The smallest absolute Gasteiger partial charge is 0.223 e. The lowest BCUT2D eigenvalue weighted by atomic mass is 9.99. The van der Waals surface area contributed by atoms with E-state index in [0.29, 0.717) is 6.42 Å². The summed E-state index contributed by atoms with van der Waals surface area (Å²) in [6.45, 7) is 3.02. The van der Waals surface area contributed by atoms with E-state index >= 15 is 0 Å². The highest BCUT2D eigenvalue weighted by Gasteiger charge is 2.26. The molecule has 1 amide bonds. The van der Waals surface area contributed by atoms with Crippen LogP contribution < -0.4 is 0 Å². The molecule has 1 aliphatic heterocycles. The SMILES string of the molecule is C[C@H](c1cccc2ccccc12)N1CCCC1=O. The topological polar surface area (TPSA) is 20.3 Å². The normalized spacial score (nSPS) is 17.4. The van der Waals surface area contributed by atoms with E-state index in [9.17, 15) is 4.79 Å². The van der Waals surface area contributed by atoms with E-state index in [2.05, 4.69) is 49.4 Å². The first-order valence-corrected chi connectivity index (χ1v) is 6.54. The maximum absolute atomic E-state index is 11.9. The quantitative estimate of drug-likeness (QED) is 0.785. The maximum Gasteiger partial charge on any atom is 0.223 e. The molecule has 0 unspecified atom stereocenters. The fourth-order valence-corrected chi connectivity index (χ4v) is 2.86. The first-order chi connectivity index (χ1) is 8.77. The monoisotopic (exact) mass is 239 g/mol. The first kappa shape index (κ1) is 11.3. The number of benzene rings is 2. The summed E-state index contributed by atoms with van der Waals surface area (Å²) in [6.07, 6.45) is 1.70. The van der Waals surface area contributed by atoms with Gasteiger partial charge < -0.3 is 4.90 Å². The zero-order chi connectivity index (χ0) is 12.5. The molecule has 0 saturated carbocycles. The van der Waals surface area contributed by atoms with Crippen LogP contribution >= 0.6 is 0 Å². The average Bonchev–Trinajstić information content (AvgIpc) is 2.83. The fraction of sp³-hybridized carbons (Fsp3) is 0.312. The third-order valence-electron chi connectivity index (χ3n) is 3.85. The van der Waals surface area contributed by atoms with Gasteiger partial charge in [-0.1, -0.05) is 42.5 Å². The highest BCUT2D eigenvalue weighted by atomic mass is 16.2. The summed E-state index contributed by atoms with van der Waals surface area (Å²) in [7, 11) is 0. The highest BCUT2D eigenvalue weighted by molar-refractivity contribution is 5.87. The van der Waals surface area contributed by atoms with Crippen LogP contribution in [-0.4, -0.2) is 17.4 Å². The van der Waals surface area contributed by atoms with Gasteiger partial charge >= 0.3 is 0 Å². The Balaban J connectivity index is 2.06. The summed E-state index contributed by atoms with van der Waals surface area (Å²) in [5.74, 6) is 0.287. The second-order valence-electron chi connectivity index (χ2n) is 4.94. The van der Waals surface area contributed by atoms with Crippen LogP contribution in [-0.2, 0) is 4.79 Å². The van der Waals surface area contributed by atoms with Crippen molar-refractivity contribution in [3.05, 3.63) is 48.0 Å². The van der Waals surface area contributed by atoms with Gasteiger partial charge in [-0.2, -0.15) is 0 Å². The first-order valence-electron chi connectivity index (χ1n) is 6.54. The van der Waals surface area contributed by atoms with Crippen molar-refractivity contribution in [3.63, 3.8) is 0 Å². The second kappa shape index (κ2) is 4.45. The molecule has 2 aromatic carbocycles. The number of hydrogen-bond donors (Lipinski definition) is 0. The second-order valence-corrected chi connectivity index (χ2v) is 4.94. The summed E-state index contributed by atoms with van der Waals surface area (Å²) in [4.78, 5) is 13.9. The van der Waals surface area contributed by atoms with Gasteiger partial charge in [-0.05, 0) is 29.7 Å². The van der Waals surface area contributed by atoms with E-state index < -0.39 is 0 Å². The molecule has 0 aliphatic carbocycles. The van der Waals surface area contributed by atoms with Crippen molar-refractivity contribution in [1.29, 1.82) is 0 Å². The standard InChI is InChI=1S/C16H17NO/c1-12(17-11-5-10-16(17)18)14-9-4-7-13-6-2-3-8-15(13)14/h2-4,6-9,12H,5,10-11H2,1H3/t12-/m1/s1. The van der Waals surface area contributed by atoms with Crippen molar-refractivity contribution in [2.45, 2.75) is 25.8 Å². The van der Waals surface area contributed by atoms with E-state index in [-0.39, 0.29) is 11.9 Å². The molecule has 2 nitrogen and oxygen atoms in total. The molecule has 1 fully saturated rings. The van der Waals surface area contributed by atoms with Crippen LogP contribution in [0.2, 0.25) is 0 Å². The largest absolute Gasteiger partial charge is 0.336 e. The lowest BCUT2D eigenvalue weighted by Gasteiger charge is -2.25. The zero-order valence-electron chi connectivity index (χ0n) is 10.6. The molecule has 18 heavy (non-hydrogen) atoms. The van der Waals surface area contributed by atoms with Crippen molar-refractivity contribution in [2.75, 3.05) is 6.54 Å². The molecule has 1 aliphatic rings. The van der Waals surface area contributed by atoms with Gasteiger partial charge in [0.1, 0.15) is 0 Å². The summed E-state index contributed by atoms with van der Waals surface area (Å²) < 4.78 is 0. The Labute approximate surface area is 107 Å². The minimum atomic E-state index is 0.172. The van der Waals surface area contributed by atoms with Crippen molar-refractivity contribution in [3.8, 4) is 0 Å². The fourth-order valence-electron chi connectivity index (χ4n) is 2.86. The molecule has 1 saturated heterocycles. The van der Waals surface area contributed by atoms with E-state index in [0.717, 1.165) is 13.0 Å². The van der Waals surface area contributed by atoms with Gasteiger partial charge in [0.05, 0.1) is 6.04 Å². The van der Waals surface area contributed by atoms with Crippen molar-refractivity contribution in [2.24, 2.45) is 0 Å². The van der Waals surface area contributed by atoms with Crippen LogP contribution in [0.1, 0.15) is 31.4 Å². The lowest BCUT2D eigenvalue weighted by Crippen LogP contribution is -2.28. The van der Waals surface area contributed by atoms with Gasteiger partial charge in [0.25, 0.3) is 0 Å². The predicted octanol–water partition coefficient (Wildman–Crippen LogP) is 3.52. The number of hydrogen-bond acceptors (Lipinski definition) is 1. The summed E-state index contributed by atoms with van der Waals surface area (Å²) in [6, 6.07) is 14.9. The minimum Gasteiger partial charge on any atom is -0.336 e. The Morgan fingerprint density at radius 1 is 1.11 bits per heavy atom. The summed E-state index contributed by atoms with van der Waals surface area (Å²) >= 11 is 0. The van der Waals surface area contributed by atoms with E-state index in [4.69, 9.17) is 0 Å². The van der Waals surface area contributed by atoms with Crippen molar-refractivity contribution in [1.82, 2.24) is 4.90 Å². The molecule has 0 aromatic heterocycles. The van der Waals surface area contributed by atoms with Crippen molar-refractivity contribution < 1.29 is 4.79 Å². The van der Waals surface area contributed by atoms with Crippen LogP contribution in [0.3, 0.4) is 0 Å². The Bertz CT molecular complexity index is 585. The highest BCUT2D eigenvalue weighted by Crippen LogP contribution is 2.30. The van der Waals surface area contributed by atoms with Crippen molar-refractivity contribution >= 4 is 16.7 Å². The third-order valence-corrected chi connectivity index (χ3v) is 3.85. The molecule has 1 atom stereocenters. The van der Waals surface area contributed by atoms with Gasteiger partial charge in [0, 0.05) is 13.0 Å². The Hall–Kier alpha value is -1.83. The van der Waals surface area contributed by atoms with Crippen LogP contribution in [0.15, 0.2) is 42.5 Å². The van der Waals surface area contributed by atoms with Crippen LogP contribution in [0.5, 0.6) is 0 Å². The molecular weight excluding hydrogens is 222 g/mol. The number of fused-ring (bicyclic) bond motifs is 1. The van der Waals surface area contributed by atoms with Gasteiger partial charge in [-0.25, -0.2) is 0 Å². The van der Waals surface area contributed by atoms with Gasteiger partial charge in [0.2, 0.25) is 5.91 Å². The molecule has 1 heterocycles. The number of likely N-dealkylation sites (tertiary alicyclic amines) is 1. The Morgan fingerprint density at radius 2 is 1.89 bits per heavy atom. The Kier molecular flexibility index (Phi) is 2.78. The number of rotatable bonds is 2. The molecule has 0 bridgehead atoms. The molecule has 0 spiro atoms. The van der Waals surface area contributed by atoms with E-state index in [1.165, 1.54) is 16.3 Å². The Morgan fingerprint density at radius 3 is 2.67 bits per heavy atom.